The molecule has 0 aliphatic carbocycles. The summed E-state index contributed by atoms with van der Waals surface area (Å²) in [5.41, 5.74) is 0.473. The van der Waals surface area contributed by atoms with E-state index in [1.807, 2.05) is 0 Å². The molecule has 0 aliphatic heterocycles. The van der Waals surface area contributed by atoms with Gasteiger partial charge in [0, 0.05) is 12.1 Å². The molecule has 0 aliphatic rings. The Hall–Kier alpha value is -1.13. The van der Waals surface area contributed by atoms with Crippen molar-refractivity contribution in [3.05, 3.63) is 35.6 Å². The number of carboxylic acids is 1. The van der Waals surface area contributed by atoms with Crippen LogP contribution in [0.15, 0.2) is 24.3 Å². The molecule has 1 unspecified atom stereocenters. The Morgan fingerprint density at radius 3 is 2.67 bits per heavy atom. The first-order valence-corrected chi connectivity index (χ1v) is 4.31. The second-order valence-corrected chi connectivity index (χ2v) is 3.03. The van der Waals surface area contributed by atoms with Gasteiger partial charge in [-0.2, -0.15) is 0 Å². The molecule has 0 bridgehead atoms. The number of carboxylic acid groups (broad SMARTS) is 1. The predicted molar refractivity (Wildman–Crippen MR) is 57.6 cm³/mol. The second kappa shape index (κ2) is 6.37. The largest absolute Gasteiger partial charge is 0.480 e. The van der Waals surface area contributed by atoms with E-state index in [4.69, 9.17) is 5.11 Å². The highest BCUT2D eigenvalue weighted by Gasteiger charge is 2.10. The molecule has 5 heteroatoms. The van der Waals surface area contributed by atoms with E-state index < -0.39 is 12.0 Å². The Balaban J connectivity index is 0.00000196. The van der Waals surface area contributed by atoms with Gasteiger partial charge < -0.3 is 10.4 Å². The van der Waals surface area contributed by atoms with E-state index >= 15 is 0 Å². The zero-order valence-electron chi connectivity index (χ0n) is 8.24. The van der Waals surface area contributed by atoms with E-state index in [2.05, 4.69) is 5.32 Å². The Labute approximate surface area is 93.7 Å². The van der Waals surface area contributed by atoms with Crippen molar-refractivity contribution in [1.29, 1.82) is 0 Å². The molecule has 0 aromatic heterocycles. The Morgan fingerprint density at radius 2 is 2.13 bits per heavy atom. The van der Waals surface area contributed by atoms with E-state index in [1.165, 1.54) is 13.0 Å². The molecule has 0 radical (unpaired) electrons. The van der Waals surface area contributed by atoms with Gasteiger partial charge >= 0.3 is 5.97 Å². The number of rotatable bonds is 4. The second-order valence-electron chi connectivity index (χ2n) is 3.03. The van der Waals surface area contributed by atoms with Crippen LogP contribution < -0.4 is 5.32 Å². The number of aliphatic carboxylic acids is 1. The number of nitrogens with one attached hydrogen (secondary N) is 1. The molecular weight excluding hydrogens is 221 g/mol. The summed E-state index contributed by atoms with van der Waals surface area (Å²) in [6.07, 6.45) is 0. The van der Waals surface area contributed by atoms with Crippen molar-refractivity contribution in [3.8, 4) is 0 Å². The summed E-state index contributed by atoms with van der Waals surface area (Å²) in [4.78, 5) is 10.4. The molecule has 0 amide bonds. The molecule has 0 saturated heterocycles. The first-order valence-electron chi connectivity index (χ1n) is 4.31. The minimum Gasteiger partial charge on any atom is -0.480 e. The summed E-state index contributed by atoms with van der Waals surface area (Å²) in [6, 6.07) is 5.61. The smallest absolute Gasteiger partial charge is 0.320 e. The SMILES string of the molecule is CC(NCc1ccccc1F)C(=O)O.Cl. The molecule has 1 aromatic rings. The van der Waals surface area contributed by atoms with Crippen molar-refractivity contribution >= 4 is 18.4 Å². The molecule has 0 fully saturated rings. The molecule has 2 N–H and O–H groups in total. The van der Waals surface area contributed by atoms with E-state index in [1.54, 1.807) is 18.2 Å². The average Bonchev–Trinajstić information content (AvgIpc) is 2.16. The van der Waals surface area contributed by atoms with Crippen molar-refractivity contribution in [2.45, 2.75) is 19.5 Å². The molecule has 0 heterocycles. The van der Waals surface area contributed by atoms with Crippen LogP contribution in [0.5, 0.6) is 0 Å². The molecule has 15 heavy (non-hydrogen) atoms. The summed E-state index contributed by atoms with van der Waals surface area (Å²) in [6.45, 7) is 1.74. The van der Waals surface area contributed by atoms with Gasteiger partial charge in [0.05, 0.1) is 0 Å². The summed E-state index contributed by atoms with van der Waals surface area (Å²) in [7, 11) is 0. The van der Waals surface area contributed by atoms with Gasteiger partial charge in [0.2, 0.25) is 0 Å². The average molecular weight is 234 g/mol. The Kier molecular flexibility index (Phi) is 5.89. The van der Waals surface area contributed by atoms with Crippen LogP contribution in [0, 0.1) is 5.82 Å². The maximum absolute atomic E-state index is 13.1. The molecule has 1 atom stereocenters. The summed E-state index contributed by atoms with van der Waals surface area (Å²) < 4.78 is 13.1. The molecule has 0 spiro atoms. The highest BCUT2D eigenvalue weighted by molar-refractivity contribution is 5.85. The van der Waals surface area contributed by atoms with Crippen molar-refractivity contribution < 1.29 is 14.3 Å². The van der Waals surface area contributed by atoms with Gasteiger partial charge in [-0.15, -0.1) is 12.4 Å². The lowest BCUT2D eigenvalue weighted by Gasteiger charge is -2.09. The van der Waals surface area contributed by atoms with Gasteiger partial charge in [0.1, 0.15) is 11.9 Å². The first kappa shape index (κ1) is 13.9. The number of hydrogen-bond acceptors (Lipinski definition) is 2. The molecule has 84 valence electrons. The first-order chi connectivity index (χ1) is 6.61. The van der Waals surface area contributed by atoms with E-state index in [0.717, 1.165) is 0 Å². The van der Waals surface area contributed by atoms with Crippen LogP contribution in [-0.2, 0) is 11.3 Å². The van der Waals surface area contributed by atoms with Gasteiger partial charge in [0.25, 0.3) is 0 Å². The van der Waals surface area contributed by atoms with E-state index in [9.17, 15) is 9.18 Å². The highest BCUT2D eigenvalue weighted by Crippen LogP contribution is 2.05. The van der Waals surface area contributed by atoms with Crippen molar-refractivity contribution in [3.63, 3.8) is 0 Å². The minimum absolute atomic E-state index is 0. The summed E-state index contributed by atoms with van der Waals surface area (Å²) in [5.74, 6) is -1.26. The lowest BCUT2D eigenvalue weighted by atomic mass is 10.2. The normalized spacial score (nSPS) is 11.6. The van der Waals surface area contributed by atoms with E-state index in [0.29, 0.717) is 5.56 Å². The number of benzene rings is 1. The van der Waals surface area contributed by atoms with Crippen LogP contribution in [-0.4, -0.2) is 17.1 Å². The fourth-order valence-corrected chi connectivity index (χ4v) is 0.992. The van der Waals surface area contributed by atoms with Gasteiger partial charge in [-0.3, -0.25) is 4.79 Å². The summed E-state index contributed by atoms with van der Waals surface area (Å²) in [5, 5.41) is 11.3. The Morgan fingerprint density at radius 1 is 1.53 bits per heavy atom. The van der Waals surface area contributed by atoms with Crippen molar-refractivity contribution in [2.24, 2.45) is 0 Å². The van der Waals surface area contributed by atoms with Gasteiger partial charge in [0.15, 0.2) is 0 Å². The molecule has 1 aromatic carbocycles. The lowest BCUT2D eigenvalue weighted by molar-refractivity contribution is -0.139. The molecule has 0 saturated carbocycles. The third kappa shape index (κ3) is 4.27. The third-order valence-corrected chi connectivity index (χ3v) is 1.93. The fourth-order valence-electron chi connectivity index (χ4n) is 0.992. The summed E-state index contributed by atoms with van der Waals surface area (Å²) >= 11 is 0. The lowest BCUT2D eigenvalue weighted by Crippen LogP contribution is -2.33. The maximum Gasteiger partial charge on any atom is 0.320 e. The monoisotopic (exact) mass is 233 g/mol. The number of hydrogen-bond donors (Lipinski definition) is 2. The van der Waals surface area contributed by atoms with Crippen LogP contribution >= 0.6 is 12.4 Å². The van der Waals surface area contributed by atoms with Crippen LogP contribution in [0.4, 0.5) is 4.39 Å². The maximum atomic E-state index is 13.1. The fraction of sp³-hybridized carbons (Fsp3) is 0.300. The van der Waals surface area contributed by atoms with Crippen LogP contribution in [0.3, 0.4) is 0 Å². The van der Waals surface area contributed by atoms with Gasteiger partial charge in [-0.1, -0.05) is 18.2 Å². The van der Waals surface area contributed by atoms with Crippen LogP contribution in [0.25, 0.3) is 0 Å². The number of halogens is 2. The highest BCUT2D eigenvalue weighted by atomic mass is 35.5. The standard InChI is InChI=1S/C10H12FNO2.ClH/c1-7(10(13)14)12-6-8-4-2-3-5-9(8)11;/h2-5,7,12H,6H2,1H3,(H,13,14);1H. The zero-order chi connectivity index (χ0) is 10.6. The van der Waals surface area contributed by atoms with Gasteiger partial charge in [-0.25, -0.2) is 4.39 Å². The van der Waals surface area contributed by atoms with Gasteiger partial charge in [-0.05, 0) is 13.0 Å². The van der Waals surface area contributed by atoms with Crippen molar-refractivity contribution in [2.75, 3.05) is 0 Å². The zero-order valence-corrected chi connectivity index (χ0v) is 9.05. The topological polar surface area (TPSA) is 49.3 Å². The van der Waals surface area contributed by atoms with Crippen LogP contribution in [0.2, 0.25) is 0 Å². The molecule has 1 rings (SSSR count). The van der Waals surface area contributed by atoms with Crippen molar-refractivity contribution in [1.82, 2.24) is 5.32 Å². The molecule has 3 nitrogen and oxygen atoms in total. The molecular formula is C10H13ClFNO2. The van der Waals surface area contributed by atoms with Crippen LogP contribution in [0.1, 0.15) is 12.5 Å². The Bertz CT molecular complexity index is 333. The third-order valence-electron chi connectivity index (χ3n) is 1.93. The minimum atomic E-state index is -0.943. The van der Waals surface area contributed by atoms with E-state index in [-0.39, 0.29) is 24.8 Å². The quantitative estimate of drug-likeness (QED) is 0.834. The predicted octanol–water partition coefficient (Wildman–Crippen LogP) is 1.81. The number of carbonyl (C=O) groups is 1.